The van der Waals surface area contributed by atoms with Crippen molar-refractivity contribution in [2.45, 2.75) is 57.1 Å². The van der Waals surface area contributed by atoms with Crippen molar-refractivity contribution < 1.29 is 5.11 Å². The molecule has 2 unspecified atom stereocenters. The molecule has 1 aliphatic rings. The molecule has 0 aliphatic heterocycles. The number of hydrogen-bond donors (Lipinski definition) is 2. The summed E-state index contributed by atoms with van der Waals surface area (Å²) in [5, 5.41) is 10.4. The van der Waals surface area contributed by atoms with Gasteiger partial charge >= 0.3 is 0 Å². The molecule has 0 aromatic heterocycles. The molecular weight excluding hydrogens is 210 g/mol. The van der Waals surface area contributed by atoms with E-state index in [1.807, 2.05) is 0 Å². The summed E-state index contributed by atoms with van der Waals surface area (Å²) in [5.74, 6) is 0.562. The van der Waals surface area contributed by atoms with Crippen LogP contribution < -0.4 is 5.73 Å². The molecule has 0 bridgehead atoms. The minimum Gasteiger partial charge on any atom is -0.389 e. The lowest BCUT2D eigenvalue weighted by atomic mass is 9.91. The molecule has 1 aromatic rings. The van der Waals surface area contributed by atoms with Gasteiger partial charge in [-0.05, 0) is 36.3 Å². The monoisotopic (exact) mass is 233 g/mol. The van der Waals surface area contributed by atoms with Gasteiger partial charge in [0.25, 0.3) is 0 Å². The van der Waals surface area contributed by atoms with E-state index in [1.165, 1.54) is 11.1 Å². The number of aliphatic hydroxyl groups is 1. The maximum Gasteiger partial charge on any atom is 0.0703 e. The molecule has 2 heteroatoms. The molecule has 3 N–H and O–H groups in total. The van der Waals surface area contributed by atoms with Gasteiger partial charge in [-0.2, -0.15) is 0 Å². The third-order valence-electron chi connectivity index (χ3n) is 3.80. The highest BCUT2D eigenvalue weighted by atomic mass is 16.3. The molecular formula is C15H23NO. The van der Waals surface area contributed by atoms with E-state index in [4.69, 9.17) is 5.73 Å². The van der Waals surface area contributed by atoms with Crippen molar-refractivity contribution in [1.29, 1.82) is 0 Å². The van der Waals surface area contributed by atoms with Crippen molar-refractivity contribution in [2.75, 3.05) is 0 Å². The maximum atomic E-state index is 10.4. The van der Waals surface area contributed by atoms with Gasteiger partial charge in [0.15, 0.2) is 0 Å². The van der Waals surface area contributed by atoms with Crippen LogP contribution in [0.5, 0.6) is 0 Å². The summed E-state index contributed by atoms with van der Waals surface area (Å²) in [6.07, 6.45) is 3.25. The summed E-state index contributed by atoms with van der Waals surface area (Å²) >= 11 is 0. The van der Waals surface area contributed by atoms with Crippen molar-refractivity contribution in [1.82, 2.24) is 0 Å². The van der Waals surface area contributed by atoms with Gasteiger partial charge < -0.3 is 10.8 Å². The SMILES string of the molecule is CC(C)c1ccc(CC2(O)CCC(N)C2)cc1. The summed E-state index contributed by atoms with van der Waals surface area (Å²) in [6.45, 7) is 4.39. The second-order valence-corrected chi connectivity index (χ2v) is 5.80. The Morgan fingerprint density at radius 3 is 2.47 bits per heavy atom. The van der Waals surface area contributed by atoms with Gasteiger partial charge in [0.1, 0.15) is 0 Å². The van der Waals surface area contributed by atoms with Crippen molar-refractivity contribution >= 4 is 0 Å². The second kappa shape index (κ2) is 4.79. The van der Waals surface area contributed by atoms with Crippen molar-refractivity contribution in [2.24, 2.45) is 5.73 Å². The van der Waals surface area contributed by atoms with Crippen LogP contribution in [0.15, 0.2) is 24.3 Å². The second-order valence-electron chi connectivity index (χ2n) is 5.80. The zero-order valence-electron chi connectivity index (χ0n) is 10.8. The first-order valence-corrected chi connectivity index (χ1v) is 6.55. The molecule has 17 heavy (non-hydrogen) atoms. The van der Waals surface area contributed by atoms with Crippen LogP contribution in [0.1, 0.15) is 50.2 Å². The molecule has 0 heterocycles. The number of nitrogens with two attached hydrogens (primary N) is 1. The Balaban J connectivity index is 2.04. The summed E-state index contributed by atoms with van der Waals surface area (Å²) < 4.78 is 0. The molecule has 1 aliphatic carbocycles. The molecule has 1 saturated carbocycles. The van der Waals surface area contributed by atoms with E-state index < -0.39 is 5.60 Å². The number of hydrogen-bond acceptors (Lipinski definition) is 2. The number of benzene rings is 1. The fraction of sp³-hybridized carbons (Fsp3) is 0.600. The van der Waals surface area contributed by atoms with Crippen LogP contribution in [-0.2, 0) is 6.42 Å². The topological polar surface area (TPSA) is 46.2 Å². The maximum absolute atomic E-state index is 10.4. The fourth-order valence-electron chi connectivity index (χ4n) is 2.71. The third kappa shape index (κ3) is 3.08. The van der Waals surface area contributed by atoms with Crippen LogP contribution in [0, 0.1) is 0 Å². The first kappa shape index (κ1) is 12.6. The predicted octanol–water partition coefficient (Wildman–Crippen LogP) is 2.59. The highest BCUT2D eigenvalue weighted by molar-refractivity contribution is 5.26. The van der Waals surface area contributed by atoms with Crippen LogP contribution in [0.2, 0.25) is 0 Å². The summed E-state index contributed by atoms with van der Waals surface area (Å²) in [6, 6.07) is 8.78. The first-order valence-electron chi connectivity index (χ1n) is 6.55. The van der Waals surface area contributed by atoms with Crippen LogP contribution in [0.4, 0.5) is 0 Å². The average molecular weight is 233 g/mol. The number of rotatable bonds is 3. The molecule has 0 spiro atoms. The predicted molar refractivity (Wildman–Crippen MR) is 71.0 cm³/mol. The van der Waals surface area contributed by atoms with Crippen molar-refractivity contribution in [3.63, 3.8) is 0 Å². The van der Waals surface area contributed by atoms with E-state index in [2.05, 4.69) is 38.1 Å². The quantitative estimate of drug-likeness (QED) is 0.843. The van der Waals surface area contributed by atoms with Crippen LogP contribution in [0.3, 0.4) is 0 Å². The summed E-state index contributed by atoms with van der Waals surface area (Å²) in [5.41, 5.74) is 7.86. The van der Waals surface area contributed by atoms with Crippen LogP contribution in [0.25, 0.3) is 0 Å². The highest BCUT2D eigenvalue weighted by Gasteiger charge is 2.35. The Hall–Kier alpha value is -0.860. The van der Waals surface area contributed by atoms with Crippen LogP contribution in [-0.4, -0.2) is 16.7 Å². The Morgan fingerprint density at radius 1 is 1.35 bits per heavy atom. The molecule has 2 rings (SSSR count). The minimum absolute atomic E-state index is 0.176. The van der Waals surface area contributed by atoms with E-state index in [9.17, 15) is 5.11 Å². The van der Waals surface area contributed by atoms with Crippen molar-refractivity contribution in [3.05, 3.63) is 35.4 Å². The summed E-state index contributed by atoms with van der Waals surface area (Å²) in [4.78, 5) is 0. The van der Waals surface area contributed by atoms with E-state index >= 15 is 0 Å². The smallest absolute Gasteiger partial charge is 0.0703 e. The molecule has 0 saturated heterocycles. The zero-order chi connectivity index (χ0) is 12.5. The molecule has 1 aromatic carbocycles. The van der Waals surface area contributed by atoms with E-state index in [-0.39, 0.29) is 6.04 Å². The van der Waals surface area contributed by atoms with E-state index in [1.54, 1.807) is 0 Å². The van der Waals surface area contributed by atoms with Gasteiger partial charge in [0, 0.05) is 12.5 Å². The molecule has 0 amide bonds. The lowest BCUT2D eigenvalue weighted by Gasteiger charge is -2.22. The van der Waals surface area contributed by atoms with E-state index in [0.717, 1.165) is 25.7 Å². The molecule has 1 fully saturated rings. The Labute approximate surface area is 104 Å². The summed E-state index contributed by atoms with van der Waals surface area (Å²) in [7, 11) is 0. The van der Waals surface area contributed by atoms with Gasteiger partial charge in [0.2, 0.25) is 0 Å². The van der Waals surface area contributed by atoms with Crippen LogP contribution >= 0.6 is 0 Å². The molecule has 2 nitrogen and oxygen atoms in total. The van der Waals surface area contributed by atoms with Crippen molar-refractivity contribution in [3.8, 4) is 0 Å². The Morgan fingerprint density at radius 2 is 2.00 bits per heavy atom. The lowest BCUT2D eigenvalue weighted by molar-refractivity contribution is 0.0468. The third-order valence-corrected chi connectivity index (χ3v) is 3.80. The fourth-order valence-corrected chi connectivity index (χ4v) is 2.71. The average Bonchev–Trinajstić information content (AvgIpc) is 2.59. The standard InChI is InChI=1S/C15H23NO/c1-11(2)13-5-3-12(4-6-13)9-15(17)8-7-14(16)10-15/h3-6,11,14,17H,7-10,16H2,1-2H3. The van der Waals surface area contributed by atoms with Gasteiger partial charge in [-0.3, -0.25) is 0 Å². The van der Waals surface area contributed by atoms with Gasteiger partial charge in [-0.15, -0.1) is 0 Å². The van der Waals surface area contributed by atoms with Gasteiger partial charge in [0.05, 0.1) is 5.60 Å². The lowest BCUT2D eigenvalue weighted by Crippen LogP contribution is -2.30. The van der Waals surface area contributed by atoms with Gasteiger partial charge in [-0.1, -0.05) is 38.1 Å². The largest absolute Gasteiger partial charge is 0.389 e. The minimum atomic E-state index is -0.571. The highest BCUT2D eigenvalue weighted by Crippen LogP contribution is 2.32. The van der Waals surface area contributed by atoms with E-state index in [0.29, 0.717) is 5.92 Å². The first-order chi connectivity index (χ1) is 7.98. The Bertz CT molecular complexity index is 371. The molecule has 2 atom stereocenters. The molecule has 0 radical (unpaired) electrons. The normalized spacial score (nSPS) is 28.9. The Kier molecular flexibility index (Phi) is 3.55. The molecule has 94 valence electrons. The zero-order valence-corrected chi connectivity index (χ0v) is 10.8. The van der Waals surface area contributed by atoms with Gasteiger partial charge in [-0.25, -0.2) is 0 Å².